The van der Waals surface area contributed by atoms with Crippen molar-refractivity contribution in [2.45, 2.75) is 44.2 Å². The summed E-state index contributed by atoms with van der Waals surface area (Å²) in [6.45, 7) is 1.14. The number of halogens is 1. The van der Waals surface area contributed by atoms with Gasteiger partial charge in [0.15, 0.2) is 0 Å². The predicted molar refractivity (Wildman–Crippen MR) is 85.7 cm³/mol. The molecule has 21 heavy (non-hydrogen) atoms. The molecule has 2 fully saturated rings. The highest BCUT2D eigenvalue weighted by Gasteiger charge is 2.34. The molecule has 0 spiro atoms. The largest absolute Gasteiger partial charge is 0.382 e. The summed E-state index contributed by atoms with van der Waals surface area (Å²) in [6, 6.07) is 6.52. The van der Waals surface area contributed by atoms with Crippen LogP contribution in [0.25, 0.3) is 0 Å². The van der Waals surface area contributed by atoms with Gasteiger partial charge in [-0.15, -0.1) is 0 Å². The molecule has 1 saturated carbocycles. The molecule has 4 nitrogen and oxygen atoms in total. The van der Waals surface area contributed by atoms with Crippen molar-refractivity contribution in [1.29, 1.82) is 0 Å². The fourth-order valence-corrected chi connectivity index (χ4v) is 3.96. The molecule has 3 atom stereocenters. The van der Waals surface area contributed by atoms with Gasteiger partial charge in [0.25, 0.3) is 0 Å². The number of anilines is 1. The number of nitrogens with two attached hydrogens (primary N) is 1. The fraction of sp³-hybridized carbons (Fsp3) is 0.562. The lowest BCUT2D eigenvalue weighted by Gasteiger charge is -2.27. The molecule has 1 amide bonds. The second-order valence-electron chi connectivity index (χ2n) is 6.11. The fourth-order valence-electron chi connectivity index (χ4n) is 3.74. The van der Waals surface area contributed by atoms with E-state index in [0.717, 1.165) is 12.2 Å². The topological polar surface area (TPSA) is 67.2 Å². The molecule has 0 radical (unpaired) electrons. The van der Waals surface area contributed by atoms with Crippen molar-refractivity contribution in [2.75, 3.05) is 11.9 Å². The first kappa shape index (κ1) is 14.7. The first-order chi connectivity index (χ1) is 10.1. The Morgan fingerprint density at radius 2 is 2.14 bits per heavy atom. The van der Waals surface area contributed by atoms with E-state index in [2.05, 4.69) is 10.6 Å². The van der Waals surface area contributed by atoms with E-state index in [9.17, 15) is 4.79 Å². The zero-order chi connectivity index (χ0) is 14.8. The van der Waals surface area contributed by atoms with Crippen LogP contribution in [0.3, 0.4) is 0 Å². The van der Waals surface area contributed by atoms with E-state index in [1.807, 2.05) is 6.07 Å². The summed E-state index contributed by atoms with van der Waals surface area (Å²) < 4.78 is 0. The zero-order valence-electron chi connectivity index (χ0n) is 12.1. The van der Waals surface area contributed by atoms with Gasteiger partial charge in [0.05, 0.1) is 10.6 Å². The van der Waals surface area contributed by atoms with Crippen molar-refractivity contribution in [3.63, 3.8) is 0 Å². The van der Waals surface area contributed by atoms with E-state index in [1.165, 1.54) is 32.1 Å². The van der Waals surface area contributed by atoms with Crippen LogP contribution in [0.5, 0.6) is 0 Å². The molecular weight excluding hydrogens is 286 g/mol. The molecule has 3 rings (SSSR count). The molecule has 1 aromatic carbocycles. The highest BCUT2D eigenvalue weighted by Crippen LogP contribution is 2.34. The Balaban J connectivity index is 1.73. The van der Waals surface area contributed by atoms with Gasteiger partial charge in [0, 0.05) is 17.8 Å². The minimum Gasteiger partial charge on any atom is -0.382 e. The molecule has 1 aliphatic carbocycles. The number of carbonyl (C=O) groups is 1. The van der Waals surface area contributed by atoms with Crippen molar-refractivity contribution < 1.29 is 4.79 Å². The van der Waals surface area contributed by atoms with Crippen LogP contribution in [0.4, 0.5) is 5.69 Å². The monoisotopic (exact) mass is 307 g/mol. The molecule has 0 bridgehead atoms. The first-order valence-electron chi connectivity index (χ1n) is 7.74. The van der Waals surface area contributed by atoms with E-state index in [1.54, 1.807) is 12.1 Å². The van der Waals surface area contributed by atoms with E-state index < -0.39 is 5.91 Å². The van der Waals surface area contributed by atoms with E-state index >= 15 is 0 Å². The molecule has 2 aliphatic rings. The van der Waals surface area contributed by atoms with Gasteiger partial charge >= 0.3 is 0 Å². The standard InChI is InChI=1S/C16H22ClN3O/c17-13-7-6-10(9-12(13)16(18)21)20-15-4-1-3-11(15)14-5-2-8-19-14/h6-7,9,11,14-15,19-20H,1-5,8H2,(H2,18,21). The normalized spacial score (nSPS) is 28.7. The number of amides is 1. The lowest BCUT2D eigenvalue weighted by Crippen LogP contribution is -2.38. The van der Waals surface area contributed by atoms with Gasteiger partial charge in [-0.25, -0.2) is 0 Å². The Bertz CT molecular complexity index is 528. The van der Waals surface area contributed by atoms with Crippen LogP contribution in [0.1, 0.15) is 42.5 Å². The lowest BCUT2D eigenvalue weighted by atomic mass is 9.93. The summed E-state index contributed by atoms with van der Waals surface area (Å²) in [5.74, 6) is 0.185. The Morgan fingerprint density at radius 3 is 2.86 bits per heavy atom. The smallest absolute Gasteiger partial charge is 0.250 e. The highest BCUT2D eigenvalue weighted by atomic mass is 35.5. The van der Waals surface area contributed by atoms with Crippen LogP contribution in [-0.4, -0.2) is 24.5 Å². The van der Waals surface area contributed by atoms with Gasteiger partial charge in [-0.1, -0.05) is 18.0 Å². The van der Waals surface area contributed by atoms with E-state index in [0.29, 0.717) is 28.6 Å². The summed E-state index contributed by atoms with van der Waals surface area (Å²) in [4.78, 5) is 11.4. The molecule has 1 saturated heterocycles. The van der Waals surface area contributed by atoms with Gasteiger partial charge in [-0.2, -0.15) is 0 Å². The predicted octanol–water partition coefficient (Wildman–Crippen LogP) is 2.77. The summed E-state index contributed by atoms with van der Waals surface area (Å²) in [5, 5.41) is 7.61. The summed E-state index contributed by atoms with van der Waals surface area (Å²) >= 11 is 6.00. The molecule has 114 valence electrons. The Hall–Kier alpha value is -1.26. The average molecular weight is 308 g/mol. The van der Waals surface area contributed by atoms with Crippen LogP contribution in [0.2, 0.25) is 5.02 Å². The number of benzene rings is 1. The van der Waals surface area contributed by atoms with Gasteiger partial charge in [-0.3, -0.25) is 4.79 Å². The molecular formula is C16H22ClN3O. The first-order valence-corrected chi connectivity index (χ1v) is 8.12. The lowest BCUT2D eigenvalue weighted by molar-refractivity contribution is 0.100. The van der Waals surface area contributed by atoms with Crippen LogP contribution in [0, 0.1) is 5.92 Å². The van der Waals surface area contributed by atoms with Crippen molar-refractivity contribution in [2.24, 2.45) is 11.7 Å². The van der Waals surface area contributed by atoms with Crippen LogP contribution in [0.15, 0.2) is 18.2 Å². The number of primary amides is 1. The summed E-state index contributed by atoms with van der Waals surface area (Å²) in [7, 11) is 0. The van der Waals surface area contributed by atoms with Crippen LogP contribution < -0.4 is 16.4 Å². The Morgan fingerprint density at radius 1 is 1.29 bits per heavy atom. The third-order valence-corrected chi connectivity index (χ3v) is 5.10. The van der Waals surface area contributed by atoms with Gasteiger partial charge in [-0.05, 0) is 56.3 Å². The maximum absolute atomic E-state index is 11.4. The van der Waals surface area contributed by atoms with Crippen molar-refractivity contribution >= 4 is 23.2 Å². The zero-order valence-corrected chi connectivity index (χ0v) is 12.8. The molecule has 1 heterocycles. The number of carbonyl (C=O) groups excluding carboxylic acids is 1. The van der Waals surface area contributed by atoms with Crippen molar-refractivity contribution in [3.05, 3.63) is 28.8 Å². The second-order valence-corrected chi connectivity index (χ2v) is 6.51. The molecule has 1 aromatic rings. The van der Waals surface area contributed by atoms with Gasteiger partial charge in [0.2, 0.25) is 5.91 Å². The quantitative estimate of drug-likeness (QED) is 0.801. The number of hydrogen-bond donors (Lipinski definition) is 3. The molecule has 5 heteroatoms. The minimum atomic E-state index is -0.482. The summed E-state index contributed by atoms with van der Waals surface area (Å²) in [5.41, 5.74) is 6.68. The minimum absolute atomic E-state index is 0.384. The molecule has 4 N–H and O–H groups in total. The van der Waals surface area contributed by atoms with E-state index in [-0.39, 0.29) is 0 Å². The maximum Gasteiger partial charge on any atom is 0.250 e. The third-order valence-electron chi connectivity index (χ3n) is 4.77. The van der Waals surface area contributed by atoms with Gasteiger partial charge in [0.1, 0.15) is 0 Å². The van der Waals surface area contributed by atoms with Crippen molar-refractivity contribution in [1.82, 2.24) is 5.32 Å². The van der Waals surface area contributed by atoms with Crippen molar-refractivity contribution in [3.8, 4) is 0 Å². The number of rotatable bonds is 4. The maximum atomic E-state index is 11.4. The SMILES string of the molecule is NC(=O)c1cc(NC2CCCC2C2CCCN2)ccc1Cl. The Kier molecular flexibility index (Phi) is 4.36. The highest BCUT2D eigenvalue weighted by molar-refractivity contribution is 6.33. The summed E-state index contributed by atoms with van der Waals surface area (Å²) in [6.07, 6.45) is 6.26. The van der Waals surface area contributed by atoms with Gasteiger partial charge < -0.3 is 16.4 Å². The molecule has 1 aliphatic heterocycles. The number of nitrogens with one attached hydrogen (secondary N) is 2. The molecule has 3 unspecified atom stereocenters. The average Bonchev–Trinajstić information content (AvgIpc) is 3.11. The Labute approximate surface area is 130 Å². The van der Waals surface area contributed by atoms with Crippen LogP contribution >= 0.6 is 11.6 Å². The second kappa shape index (κ2) is 6.24. The third kappa shape index (κ3) is 3.16. The molecule has 0 aromatic heterocycles. The van der Waals surface area contributed by atoms with E-state index in [4.69, 9.17) is 17.3 Å². The number of hydrogen-bond acceptors (Lipinski definition) is 3. The van der Waals surface area contributed by atoms with Crippen LogP contribution in [-0.2, 0) is 0 Å².